The van der Waals surface area contributed by atoms with Crippen LogP contribution in [0.2, 0.25) is 5.02 Å². The first kappa shape index (κ1) is 28.6. The van der Waals surface area contributed by atoms with Crippen molar-refractivity contribution in [1.82, 2.24) is 25.1 Å². The number of piperidine rings is 1. The highest BCUT2D eigenvalue weighted by Gasteiger charge is 2.38. The molecule has 1 aliphatic heterocycles. The highest BCUT2D eigenvalue weighted by atomic mass is 35.5. The van der Waals surface area contributed by atoms with Gasteiger partial charge in [0.2, 0.25) is 5.91 Å². The molecule has 4 aromatic rings. The minimum absolute atomic E-state index is 0.0448. The summed E-state index contributed by atoms with van der Waals surface area (Å²) in [6.45, 7) is 5.03. The van der Waals surface area contributed by atoms with E-state index in [1.165, 1.54) is 18.1 Å². The molecular formula is C33H36ClN5O2. The molecule has 8 heteroatoms. The van der Waals surface area contributed by atoms with E-state index in [1.54, 1.807) is 6.33 Å². The number of likely N-dealkylation sites (tertiary alicyclic amines) is 1. The number of hydrogen-bond acceptors (Lipinski definition) is 4. The second-order valence-electron chi connectivity index (χ2n) is 10.6. The van der Waals surface area contributed by atoms with Gasteiger partial charge in [0.25, 0.3) is 5.91 Å². The van der Waals surface area contributed by atoms with Crippen molar-refractivity contribution in [1.29, 1.82) is 0 Å². The third kappa shape index (κ3) is 6.87. The molecular weight excluding hydrogens is 534 g/mol. The number of carbonyl (C=O) groups excluding carboxylic acids is 2. The first-order valence-corrected chi connectivity index (χ1v) is 14.5. The highest BCUT2D eigenvalue weighted by molar-refractivity contribution is 6.30. The Morgan fingerprint density at radius 1 is 0.829 bits per heavy atom. The van der Waals surface area contributed by atoms with Crippen LogP contribution in [-0.2, 0) is 23.3 Å². The SMILES string of the molecule is CC(=O)NCCNC(=O)c1c(CN2CCC(c3ccccc3)(c3ccccc3)CC2)ncn1Cc1ccc(Cl)cc1. The molecule has 212 valence electrons. The summed E-state index contributed by atoms with van der Waals surface area (Å²) in [5.74, 6) is -0.323. The van der Waals surface area contributed by atoms with E-state index in [-0.39, 0.29) is 17.2 Å². The molecule has 1 aromatic heterocycles. The molecule has 2 N–H and O–H groups in total. The number of benzene rings is 3. The van der Waals surface area contributed by atoms with Gasteiger partial charge in [-0.25, -0.2) is 4.98 Å². The Kier molecular flexibility index (Phi) is 9.17. The fourth-order valence-corrected chi connectivity index (χ4v) is 5.89. The molecule has 1 saturated heterocycles. The Bertz CT molecular complexity index is 1400. The van der Waals surface area contributed by atoms with Crippen LogP contribution in [0.1, 0.15) is 52.6 Å². The van der Waals surface area contributed by atoms with Crippen LogP contribution in [-0.4, -0.2) is 52.4 Å². The predicted octanol–water partition coefficient (Wildman–Crippen LogP) is 5.03. The number of hydrogen-bond donors (Lipinski definition) is 2. The van der Waals surface area contributed by atoms with E-state index in [2.05, 4.69) is 76.2 Å². The lowest BCUT2D eigenvalue weighted by Gasteiger charge is -2.43. The zero-order valence-corrected chi connectivity index (χ0v) is 24.1. The molecule has 1 aliphatic rings. The Balaban J connectivity index is 1.35. The number of halogens is 1. The molecule has 0 unspecified atom stereocenters. The van der Waals surface area contributed by atoms with Crippen molar-refractivity contribution in [2.45, 2.75) is 38.3 Å². The lowest BCUT2D eigenvalue weighted by atomic mass is 9.68. The summed E-state index contributed by atoms with van der Waals surface area (Å²) in [5, 5.41) is 6.35. The van der Waals surface area contributed by atoms with Crippen molar-refractivity contribution in [3.63, 3.8) is 0 Å². The van der Waals surface area contributed by atoms with Crippen molar-refractivity contribution < 1.29 is 9.59 Å². The maximum atomic E-state index is 13.4. The minimum atomic E-state index is -0.197. The maximum absolute atomic E-state index is 13.4. The van der Waals surface area contributed by atoms with Crippen LogP contribution >= 0.6 is 11.6 Å². The Labute approximate surface area is 246 Å². The molecule has 0 spiro atoms. The van der Waals surface area contributed by atoms with Crippen molar-refractivity contribution in [3.05, 3.63) is 124 Å². The summed E-state index contributed by atoms with van der Waals surface area (Å²) in [6.07, 6.45) is 3.70. The molecule has 0 bridgehead atoms. The van der Waals surface area contributed by atoms with Gasteiger partial charge in [0.15, 0.2) is 0 Å². The first-order chi connectivity index (χ1) is 19.9. The molecule has 0 atom stereocenters. The van der Waals surface area contributed by atoms with Crippen LogP contribution in [0.5, 0.6) is 0 Å². The van der Waals surface area contributed by atoms with Gasteiger partial charge >= 0.3 is 0 Å². The summed E-state index contributed by atoms with van der Waals surface area (Å²) < 4.78 is 1.90. The smallest absolute Gasteiger partial charge is 0.269 e. The summed E-state index contributed by atoms with van der Waals surface area (Å²) in [7, 11) is 0. The van der Waals surface area contributed by atoms with Gasteiger partial charge in [-0.05, 0) is 54.8 Å². The van der Waals surface area contributed by atoms with Crippen LogP contribution in [0, 0.1) is 0 Å². The fourth-order valence-electron chi connectivity index (χ4n) is 5.77. The molecule has 7 nitrogen and oxygen atoms in total. The van der Waals surface area contributed by atoms with Crippen molar-refractivity contribution in [2.24, 2.45) is 0 Å². The minimum Gasteiger partial charge on any atom is -0.355 e. The van der Waals surface area contributed by atoms with Gasteiger partial charge in [0.05, 0.1) is 12.0 Å². The van der Waals surface area contributed by atoms with Crippen LogP contribution in [0.25, 0.3) is 0 Å². The molecule has 41 heavy (non-hydrogen) atoms. The average molecular weight is 570 g/mol. The van der Waals surface area contributed by atoms with Crippen LogP contribution in [0.4, 0.5) is 0 Å². The van der Waals surface area contributed by atoms with Gasteiger partial charge in [-0.15, -0.1) is 0 Å². The number of nitrogens with zero attached hydrogens (tertiary/aromatic N) is 3. The molecule has 0 radical (unpaired) electrons. The second kappa shape index (κ2) is 13.1. The number of nitrogens with one attached hydrogen (secondary N) is 2. The number of rotatable bonds is 10. The fraction of sp³-hybridized carbons (Fsp3) is 0.303. The van der Waals surface area contributed by atoms with Crippen molar-refractivity contribution in [2.75, 3.05) is 26.2 Å². The van der Waals surface area contributed by atoms with E-state index in [1.807, 2.05) is 28.8 Å². The Hall–Kier alpha value is -3.94. The maximum Gasteiger partial charge on any atom is 0.269 e. The van der Waals surface area contributed by atoms with E-state index in [0.717, 1.165) is 37.2 Å². The summed E-state index contributed by atoms with van der Waals surface area (Å²) in [6, 6.07) is 29.2. The van der Waals surface area contributed by atoms with Crippen LogP contribution < -0.4 is 10.6 Å². The standard InChI is InChI=1S/C33H36ClN5O2/c1-25(40)35-18-19-36-32(41)31-30(37-24-39(31)22-26-12-14-29(34)15-13-26)23-38-20-16-33(17-21-38,27-8-4-2-5-9-27)28-10-6-3-7-11-28/h2-15,24H,16-23H2,1H3,(H,35,40)(H,36,41). The molecule has 0 aliphatic carbocycles. The lowest BCUT2D eigenvalue weighted by Crippen LogP contribution is -2.43. The van der Waals surface area contributed by atoms with Gasteiger partial charge < -0.3 is 15.2 Å². The number of carbonyl (C=O) groups is 2. The van der Waals surface area contributed by atoms with E-state index in [9.17, 15) is 9.59 Å². The van der Waals surface area contributed by atoms with Crippen LogP contribution in [0.3, 0.4) is 0 Å². The van der Waals surface area contributed by atoms with E-state index in [0.29, 0.717) is 36.9 Å². The monoisotopic (exact) mass is 569 g/mol. The van der Waals surface area contributed by atoms with Gasteiger partial charge in [-0.3, -0.25) is 14.5 Å². The van der Waals surface area contributed by atoms with Crippen molar-refractivity contribution >= 4 is 23.4 Å². The zero-order valence-electron chi connectivity index (χ0n) is 23.4. The van der Waals surface area contributed by atoms with Gasteiger partial charge in [-0.1, -0.05) is 84.4 Å². The average Bonchev–Trinajstić information content (AvgIpc) is 3.39. The molecule has 3 aromatic carbocycles. The van der Waals surface area contributed by atoms with Crippen molar-refractivity contribution in [3.8, 4) is 0 Å². The number of aromatic nitrogens is 2. The molecule has 0 saturated carbocycles. The van der Waals surface area contributed by atoms with Crippen LogP contribution in [0.15, 0.2) is 91.3 Å². The zero-order chi connectivity index (χ0) is 28.7. The topological polar surface area (TPSA) is 79.3 Å². The summed E-state index contributed by atoms with van der Waals surface area (Å²) >= 11 is 6.08. The van der Waals surface area contributed by atoms with E-state index >= 15 is 0 Å². The normalized spacial score (nSPS) is 14.9. The summed E-state index contributed by atoms with van der Waals surface area (Å²) in [4.78, 5) is 31.8. The molecule has 5 rings (SSSR count). The van der Waals surface area contributed by atoms with E-state index < -0.39 is 0 Å². The molecule has 2 amide bonds. The van der Waals surface area contributed by atoms with Gasteiger partial charge in [0, 0.05) is 43.5 Å². The highest BCUT2D eigenvalue weighted by Crippen LogP contribution is 2.41. The van der Waals surface area contributed by atoms with Gasteiger partial charge in [-0.2, -0.15) is 0 Å². The van der Waals surface area contributed by atoms with E-state index in [4.69, 9.17) is 16.6 Å². The number of amides is 2. The van der Waals surface area contributed by atoms with Gasteiger partial charge in [0.1, 0.15) is 5.69 Å². The predicted molar refractivity (Wildman–Crippen MR) is 162 cm³/mol. The quantitative estimate of drug-likeness (QED) is 0.263. The molecule has 2 heterocycles. The second-order valence-corrected chi connectivity index (χ2v) is 11.1. The molecule has 1 fully saturated rings. The number of imidazole rings is 1. The Morgan fingerprint density at radius 2 is 1.41 bits per heavy atom. The summed E-state index contributed by atoms with van der Waals surface area (Å²) in [5.41, 5.74) is 4.97. The largest absolute Gasteiger partial charge is 0.355 e. The lowest BCUT2D eigenvalue weighted by molar-refractivity contribution is -0.118. The Morgan fingerprint density at radius 3 is 2.00 bits per heavy atom. The third-order valence-corrected chi connectivity index (χ3v) is 8.17. The third-order valence-electron chi connectivity index (χ3n) is 7.92. The first-order valence-electron chi connectivity index (χ1n) is 14.1.